The number of rotatable bonds is 15. The number of carbonyl (C=O) groups is 2. The zero-order chi connectivity index (χ0) is 18.5. The van der Waals surface area contributed by atoms with Gasteiger partial charge >= 0.3 is 11.9 Å². The second kappa shape index (κ2) is 13.7. The molecule has 0 aliphatic carbocycles. The van der Waals surface area contributed by atoms with E-state index in [0.717, 1.165) is 21.6 Å². The Kier molecular flexibility index (Phi) is 13.3. The Morgan fingerprint density at radius 2 is 1.12 bits per heavy atom. The van der Waals surface area contributed by atoms with Crippen molar-refractivity contribution in [1.82, 2.24) is 10.6 Å². The Morgan fingerprint density at radius 3 is 1.38 bits per heavy atom. The van der Waals surface area contributed by atoms with Crippen molar-refractivity contribution in [2.75, 3.05) is 37.8 Å². The summed E-state index contributed by atoms with van der Waals surface area (Å²) in [7, 11) is 2.30. The third kappa shape index (κ3) is 11.0. The van der Waals surface area contributed by atoms with Crippen LogP contribution < -0.4 is 10.6 Å². The molecule has 0 saturated heterocycles. The lowest BCUT2D eigenvalue weighted by Crippen LogP contribution is -2.44. The molecule has 0 aromatic rings. The van der Waals surface area contributed by atoms with E-state index >= 15 is 0 Å². The van der Waals surface area contributed by atoms with Crippen LogP contribution in [0.4, 0.5) is 0 Å². The standard InChI is InChI=1S/C12H24N2O8S2/c15-3-7(17)1-13-9(11(19)20)5-23-24-6-10(12(21)22)14-2-8(18)4-16/h7-10,13-18H,1-6H2,(H,19,20)(H,21,22)/t7?,8?,9-,10?/m0/s1. The number of aliphatic hydroxyl groups is 4. The third-order valence-electron chi connectivity index (χ3n) is 2.77. The first-order valence-electron chi connectivity index (χ1n) is 7.06. The number of nitrogens with one attached hydrogen (secondary N) is 2. The number of hydrogen-bond acceptors (Lipinski definition) is 10. The second-order valence-electron chi connectivity index (χ2n) is 4.84. The van der Waals surface area contributed by atoms with Gasteiger partial charge in [-0.3, -0.25) is 9.59 Å². The van der Waals surface area contributed by atoms with Gasteiger partial charge < -0.3 is 41.3 Å². The largest absolute Gasteiger partial charge is 0.480 e. The van der Waals surface area contributed by atoms with Crippen LogP contribution >= 0.6 is 21.6 Å². The fourth-order valence-corrected chi connectivity index (χ4v) is 3.73. The van der Waals surface area contributed by atoms with E-state index in [2.05, 4.69) is 10.6 Å². The molecular formula is C12H24N2O8S2. The van der Waals surface area contributed by atoms with Crippen molar-refractivity contribution in [2.45, 2.75) is 24.3 Å². The highest BCUT2D eigenvalue weighted by molar-refractivity contribution is 8.76. The van der Waals surface area contributed by atoms with Gasteiger partial charge in [-0.2, -0.15) is 0 Å². The molecule has 3 unspecified atom stereocenters. The fourth-order valence-electron chi connectivity index (χ4n) is 1.35. The van der Waals surface area contributed by atoms with Crippen LogP contribution in [-0.4, -0.2) is 105 Å². The summed E-state index contributed by atoms with van der Waals surface area (Å²) in [4.78, 5) is 22.1. The predicted molar refractivity (Wildman–Crippen MR) is 90.0 cm³/mol. The van der Waals surface area contributed by atoms with Crippen LogP contribution in [0.25, 0.3) is 0 Å². The van der Waals surface area contributed by atoms with E-state index in [1.165, 1.54) is 0 Å². The highest BCUT2D eigenvalue weighted by Crippen LogP contribution is 2.23. The van der Waals surface area contributed by atoms with Crippen LogP contribution in [0.5, 0.6) is 0 Å². The Morgan fingerprint density at radius 1 is 0.792 bits per heavy atom. The lowest BCUT2D eigenvalue weighted by atomic mass is 10.3. The third-order valence-corrected chi connectivity index (χ3v) is 5.19. The molecule has 8 N–H and O–H groups in total. The summed E-state index contributed by atoms with van der Waals surface area (Å²) >= 11 is 0. The Balaban J connectivity index is 4.14. The maximum Gasteiger partial charge on any atom is 0.321 e. The first-order chi connectivity index (χ1) is 11.3. The van der Waals surface area contributed by atoms with Gasteiger partial charge in [-0.05, 0) is 0 Å². The SMILES string of the molecule is O=C(O)C(CSSC[C@H](NCC(O)CO)C(=O)O)NCC(O)CO. The second-order valence-corrected chi connectivity index (χ2v) is 7.39. The topological polar surface area (TPSA) is 180 Å². The molecule has 12 heteroatoms. The molecule has 0 aliphatic rings. The van der Waals surface area contributed by atoms with E-state index < -0.39 is 49.4 Å². The molecule has 0 radical (unpaired) electrons. The summed E-state index contributed by atoms with van der Waals surface area (Å²) in [5, 5.41) is 59.0. The zero-order valence-electron chi connectivity index (χ0n) is 12.9. The molecule has 0 saturated carbocycles. The lowest BCUT2D eigenvalue weighted by Gasteiger charge is -2.17. The molecule has 24 heavy (non-hydrogen) atoms. The predicted octanol–water partition coefficient (Wildman–Crippen LogP) is -2.84. The minimum atomic E-state index is -1.12. The number of aliphatic carboxylic acids is 2. The van der Waals surface area contributed by atoms with Gasteiger partial charge in [-0.1, -0.05) is 21.6 Å². The first-order valence-corrected chi connectivity index (χ1v) is 9.55. The van der Waals surface area contributed by atoms with Crippen molar-refractivity contribution < 1.29 is 40.2 Å². The van der Waals surface area contributed by atoms with Crippen LogP contribution in [0, 0.1) is 0 Å². The monoisotopic (exact) mass is 388 g/mol. The van der Waals surface area contributed by atoms with Gasteiger partial charge in [-0.25, -0.2) is 0 Å². The van der Waals surface area contributed by atoms with Crippen LogP contribution in [0.2, 0.25) is 0 Å². The minimum Gasteiger partial charge on any atom is -0.480 e. The quantitative estimate of drug-likeness (QED) is 0.106. The van der Waals surface area contributed by atoms with Crippen molar-refractivity contribution >= 4 is 33.5 Å². The highest BCUT2D eigenvalue weighted by atomic mass is 33.1. The molecule has 4 atom stereocenters. The number of carboxylic acids is 2. The number of hydrogen-bond donors (Lipinski definition) is 8. The van der Waals surface area contributed by atoms with Crippen molar-refractivity contribution in [2.24, 2.45) is 0 Å². The Hall–Kier alpha value is -0.600. The molecule has 0 rings (SSSR count). The van der Waals surface area contributed by atoms with Crippen molar-refractivity contribution in [3.05, 3.63) is 0 Å². The zero-order valence-corrected chi connectivity index (χ0v) is 14.5. The molecule has 0 heterocycles. The number of aliphatic hydroxyl groups excluding tert-OH is 4. The maximum absolute atomic E-state index is 11.1. The summed E-state index contributed by atoms with van der Waals surface area (Å²) in [6.45, 7) is -1.10. The molecule has 0 aromatic carbocycles. The van der Waals surface area contributed by atoms with Crippen molar-refractivity contribution in [1.29, 1.82) is 0 Å². The van der Waals surface area contributed by atoms with Gasteiger partial charge in [0.15, 0.2) is 0 Å². The van der Waals surface area contributed by atoms with Crippen LogP contribution in [0.15, 0.2) is 0 Å². The molecule has 0 aromatic heterocycles. The molecule has 0 amide bonds. The molecular weight excluding hydrogens is 364 g/mol. The van der Waals surface area contributed by atoms with Crippen molar-refractivity contribution in [3.8, 4) is 0 Å². The molecule has 0 spiro atoms. The average Bonchev–Trinajstić information content (AvgIpc) is 2.54. The van der Waals surface area contributed by atoms with Gasteiger partial charge in [-0.15, -0.1) is 0 Å². The maximum atomic E-state index is 11.1. The Labute approximate surface area is 147 Å². The van der Waals surface area contributed by atoms with Gasteiger partial charge in [0.2, 0.25) is 0 Å². The molecule has 10 nitrogen and oxygen atoms in total. The summed E-state index contributed by atoms with van der Waals surface area (Å²) in [6.07, 6.45) is -2.11. The smallest absolute Gasteiger partial charge is 0.321 e. The average molecular weight is 388 g/mol. The van der Waals surface area contributed by atoms with E-state index in [4.69, 9.17) is 20.4 Å². The number of carboxylic acid groups (broad SMARTS) is 2. The van der Waals surface area contributed by atoms with Crippen molar-refractivity contribution in [3.63, 3.8) is 0 Å². The summed E-state index contributed by atoms with van der Waals surface area (Å²) < 4.78 is 0. The Bertz CT molecular complexity index is 343. The van der Waals surface area contributed by atoms with E-state index in [1.54, 1.807) is 0 Å². The van der Waals surface area contributed by atoms with Gasteiger partial charge in [0.05, 0.1) is 25.4 Å². The van der Waals surface area contributed by atoms with Gasteiger partial charge in [0.1, 0.15) is 12.1 Å². The van der Waals surface area contributed by atoms with Crippen LogP contribution in [0.3, 0.4) is 0 Å². The van der Waals surface area contributed by atoms with E-state index in [1.807, 2.05) is 0 Å². The van der Waals surface area contributed by atoms with E-state index in [-0.39, 0.29) is 24.6 Å². The molecule has 142 valence electrons. The summed E-state index contributed by atoms with van der Waals surface area (Å²) in [5.41, 5.74) is 0. The highest BCUT2D eigenvalue weighted by Gasteiger charge is 2.21. The first kappa shape index (κ1) is 23.4. The molecule has 0 bridgehead atoms. The molecule has 0 aliphatic heterocycles. The van der Waals surface area contributed by atoms with E-state index in [9.17, 15) is 19.8 Å². The van der Waals surface area contributed by atoms with E-state index in [0.29, 0.717) is 0 Å². The molecule has 0 fully saturated rings. The normalized spacial score (nSPS) is 16.3. The van der Waals surface area contributed by atoms with Crippen LogP contribution in [-0.2, 0) is 9.59 Å². The summed E-state index contributed by atoms with van der Waals surface area (Å²) in [5.74, 6) is -1.98. The van der Waals surface area contributed by atoms with Crippen LogP contribution in [0.1, 0.15) is 0 Å². The van der Waals surface area contributed by atoms with Gasteiger partial charge in [0, 0.05) is 24.6 Å². The fraction of sp³-hybridized carbons (Fsp3) is 0.833. The summed E-state index contributed by atoms with van der Waals surface area (Å²) in [6, 6.07) is -1.90. The minimum absolute atomic E-state index is 0.0724. The lowest BCUT2D eigenvalue weighted by molar-refractivity contribution is -0.139. The van der Waals surface area contributed by atoms with Gasteiger partial charge in [0.25, 0.3) is 0 Å².